The van der Waals surface area contributed by atoms with Crippen LogP contribution in [0.5, 0.6) is 0 Å². The number of rotatable bonds is 0. The van der Waals surface area contributed by atoms with E-state index in [1.54, 1.807) is 0 Å². The van der Waals surface area contributed by atoms with Gasteiger partial charge in [-0.3, -0.25) is 8.92 Å². The highest BCUT2D eigenvalue weighted by Crippen LogP contribution is 0.759. The zero-order valence-corrected chi connectivity index (χ0v) is 2.89. The molecule has 0 rings (SSSR count). The van der Waals surface area contributed by atoms with Crippen molar-refractivity contribution in [2.45, 2.75) is 0 Å². The zero-order chi connectivity index (χ0) is 2.71. The molecule has 0 saturated carbocycles. The molecule has 0 amide bonds. The second-order valence-corrected chi connectivity index (χ2v) is 0.250. The monoisotopic (exact) mass is 71.0 g/mol. The zero-order valence-electron chi connectivity index (χ0n) is 1.89. The Hall–Kier alpha value is -0.118. The van der Waals surface area contributed by atoms with Crippen LogP contribution in [0.25, 0.3) is 0 Å². The highest BCUT2D eigenvalue weighted by atomic mass is 28.2. The molecule has 0 aliphatic carbocycles. The molecule has 4 heavy (non-hydrogen) atoms. The minimum Gasteiger partial charge on any atom is -0.274 e. The van der Waals surface area contributed by atoms with Crippen LogP contribution in [-0.2, 0) is 8.92 Å². The topological polar surface area (TPSA) is 34.1 Å². The standard InChI is InChI=1S/B.O2Si/c;1-3-2. The molecule has 2 nitrogen and oxygen atoms in total. The molecule has 0 aromatic heterocycles. The van der Waals surface area contributed by atoms with Crippen molar-refractivity contribution in [3.8, 4) is 0 Å². The molecule has 4 heteroatoms. The Kier molecular flexibility index (Phi) is 29.9. The molecule has 0 atom stereocenters. The van der Waals surface area contributed by atoms with Gasteiger partial charge in [-0.25, -0.2) is 0 Å². The van der Waals surface area contributed by atoms with Crippen LogP contribution in [0.1, 0.15) is 0 Å². The van der Waals surface area contributed by atoms with Crippen molar-refractivity contribution in [2.75, 3.05) is 0 Å². The highest BCUT2D eigenvalue weighted by molar-refractivity contribution is 5.94. The lowest BCUT2D eigenvalue weighted by Crippen LogP contribution is -1.26. The Morgan fingerprint density at radius 2 is 1.25 bits per heavy atom. The molecular weight excluding hydrogens is 70.9 g/mol. The van der Waals surface area contributed by atoms with Crippen molar-refractivity contribution in [3.63, 3.8) is 0 Å². The predicted octanol–water partition coefficient (Wildman–Crippen LogP) is -0.999. The molecule has 3 radical (unpaired) electrons. The molecule has 0 bridgehead atoms. The molecule has 0 aromatic rings. The number of hydrogen-bond acceptors (Lipinski definition) is 2. The van der Waals surface area contributed by atoms with Crippen LogP contribution in [-0.4, -0.2) is 17.7 Å². The summed E-state index contributed by atoms with van der Waals surface area (Å²) in [5.74, 6) is 0. The van der Waals surface area contributed by atoms with Gasteiger partial charge >= 0.3 is 9.29 Å². The van der Waals surface area contributed by atoms with Gasteiger partial charge in [0.2, 0.25) is 0 Å². The summed E-state index contributed by atoms with van der Waals surface area (Å²) < 4.78 is 16.8. The molecule has 0 unspecified atom stereocenters. The Morgan fingerprint density at radius 1 is 1.25 bits per heavy atom. The third kappa shape index (κ3) is 105. The Bertz CT molecular complexity index is 27.0. The van der Waals surface area contributed by atoms with Crippen LogP contribution in [0.3, 0.4) is 0 Å². The van der Waals surface area contributed by atoms with Crippen LogP contribution in [0.2, 0.25) is 0 Å². The van der Waals surface area contributed by atoms with Gasteiger partial charge in [-0.2, -0.15) is 0 Å². The molecule has 0 aromatic carbocycles. The van der Waals surface area contributed by atoms with Gasteiger partial charge in [-0.15, -0.1) is 0 Å². The fourth-order valence-electron chi connectivity index (χ4n) is 0. The van der Waals surface area contributed by atoms with Crippen LogP contribution < -0.4 is 0 Å². The van der Waals surface area contributed by atoms with Crippen LogP contribution >= 0.6 is 0 Å². The predicted molar refractivity (Wildman–Crippen MR) is 12.9 cm³/mol. The van der Waals surface area contributed by atoms with E-state index in [-0.39, 0.29) is 8.41 Å². The quantitative estimate of drug-likeness (QED) is 0.343. The third-order valence-corrected chi connectivity index (χ3v) is 0. The fraction of sp³-hybridized carbons (Fsp3) is 0. The Morgan fingerprint density at radius 3 is 1.25 bits per heavy atom. The summed E-state index contributed by atoms with van der Waals surface area (Å²) in [4.78, 5) is 0. The lowest BCUT2D eigenvalue weighted by Gasteiger charge is -0.944. The van der Waals surface area contributed by atoms with Crippen LogP contribution in [0.4, 0.5) is 0 Å². The van der Waals surface area contributed by atoms with Crippen LogP contribution in [0, 0.1) is 0 Å². The average molecular weight is 70.9 g/mol. The summed E-state index contributed by atoms with van der Waals surface area (Å²) in [5, 5.41) is 0. The van der Waals surface area contributed by atoms with Crippen molar-refractivity contribution in [3.05, 3.63) is 0 Å². The molecular formula is BO2Si. The van der Waals surface area contributed by atoms with Gasteiger partial charge in [0.15, 0.2) is 0 Å². The Balaban J connectivity index is 0. The van der Waals surface area contributed by atoms with E-state index >= 15 is 0 Å². The lowest BCUT2D eigenvalue weighted by atomic mass is 10.8. The van der Waals surface area contributed by atoms with Gasteiger partial charge in [-0.1, -0.05) is 0 Å². The fourth-order valence-corrected chi connectivity index (χ4v) is 0. The minimum atomic E-state index is -1.42. The molecule has 0 aliphatic rings. The van der Waals surface area contributed by atoms with E-state index in [1.165, 1.54) is 0 Å². The summed E-state index contributed by atoms with van der Waals surface area (Å²) in [6, 6.07) is 0. The summed E-state index contributed by atoms with van der Waals surface area (Å²) in [6.45, 7) is 0. The largest absolute Gasteiger partial charge is 0.549 e. The van der Waals surface area contributed by atoms with E-state index in [1.807, 2.05) is 0 Å². The summed E-state index contributed by atoms with van der Waals surface area (Å²) in [7, 11) is -1.42. The first-order valence-corrected chi connectivity index (χ1v) is 1.22. The summed E-state index contributed by atoms with van der Waals surface area (Å²) in [5.41, 5.74) is 0. The first-order chi connectivity index (χ1) is 1.41. The van der Waals surface area contributed by atoms with Crippen molar-refractivity contribution in [1.82, 2.24) is 0 Å². The maximum absolute atomic E-state index is 8.40. The molecule has 0 N–H and O–H groups in total. The summed E-state index contributed by atoms with van der Waals surface area (Å²) >= 11 is 0. The SMILES string of the molecule is O=[Si]=O.[B]. The van der Waals surface area contributed by atoms with Gasteiger partial charge in [0.05, 0.1) is 0 Å². The van der Waals surface area contributed by atoms with Crippen molar-refractivity contribution in [1.29, 1.82) is 0 Å². The summed E-state index contributed by atoms with van der Waals surface area (Å²) in [6.07, 6.45) is 0. The van der Waals surface area contributed by atoms with Gasteiger partial charge in [0.25, 0.3) is 0 Å². The van der Waals surface area contributed by atoms with Gasteiger partial charge < -0.3 is 0 Å². The van der Waals surface area contributed by atoms with Gasteiger partial charge in [-0.05, 0) is 0 Å². The van der Waals surface area contributed by atoms with Crippen molar-refractivity contribution in [2.24, 2.45) is 0 Å². The smallest absolute Gasteiger partial charge is 0.274 e. The highest BCUT2D eigenvalue weighted by Gasteiger charge is 1.22. The van der Waals surface area contributed by atoms with Crippen LogP contribution in [0.15, 0.2) is 0 Å². The molecule has 0 heterocycles. The second kappa shape index (κ2) is 13.1. The molecule has 0 saturated heterocycles. The van der Waals surface area contributed by atoms with Crippen molar-refractivity contribution < 1.29 is 8.92 Å². The average Bonchev–Trinajstić information content (AvgIpc) is 0.918. The first kappa shape index (κ1) is 9.10. The van der Waals surface area contributed by atoms with E-state index in [4.69, 9.17) is 8.92 Å². The van der Waals surface area contributed by atoms with Gasteiger partial charge in [0, 0.05) is 8.41 Å². The number of hydrogen-bond donors (Lipinski definition) is 0. The lowest BCUT2D eigenvalue weighted by molar-refractivity contribution is 0.497. The van der Waals surface area contributed by atoms with E-state index in [0.29, 0.717) is 0 Å². The third-order valence-electron chi connectivity index (χ3n) is 0. The molecule has 0 fully saturated rings. The molecule has 19 valence electrons. The van der Waals surface area contributed by atoms with E-state index in [0.717, 1.165) is 0 Å². The Labute approximate surface area is 27.7 Å². The van der Waals surface area contributed by atoms with E-state index in [9.17, 15) is 0 Å². The molecule has 0 aliphatic heterocycles. The van der Waals surface area contributed by atoms with E-state index < -0.39 is 9.29 Å². The maximum atomic E-state index is 8.40. The first-order valence-electron chi connectivity index (χ1n) is 0.408. The molecule has 0 spiro atoms. The van der Waals surface area contributed by atoms with Crippen molar-refractivity contribution >= 4 is 17.7 Å². The second-order valence-electron chi connectivity index (χ2n) is 0.0833. The van der Waals surface area contributed by atoms with E-state index in [2.05, 4.69) is 0 Å². The van der Waals surface area contributed by atoms with Gasteiger partial charge in [0.1, 0.15) is 0 Å². The minimum absolute atomic E-state index is 0. The normalized spacial score (nSPS) is 2.00. The maximum Gasteiger partial charge on any atom is 0.549 e.